The molecule has 1 unspecified atom stereocenters. The Kier molecular flexibility index (Phi) is 5.23. The summed E-state index contributed by atoms with van der Waals surface area (Å²) in [5, 5.41) is 7.00. The van der Waals surface area contributed by atoms with Gasteiger partial charge in [-0.1, -0.05) is 0 Å². The zero-order chi connectivity index (χ0) is 17.1. The fraction of sp³-hybridized carbons (Fsp3) is 0.500. The van der Waals surface area contributed by atoms with Crippen LogP contribution in [-0.4, -0.2) is 39.7 Å². The number of nitrogens with two attached hydrogens (primary N) is 1. The van der Waals surface area contributed by atoms with Crippen molar-refractivity contribution in [3.8, 4) is 0 Å². The van der Waals surface area contributed by atoms with E-state index in [1.165, 1.54) is 12.8 Å². The zero-order valence-corrected chi connectivity index (χ0v) is 13.8. The number of nitrogen functional groups attached to an aromatic ring is 1. The standard InChI is InChI=1S/C15H20N4O2.CH4O/c1-8-4-3-5-19(8)7-10-9(2)11(16)6-12-13(10)18-15(21)14(20)17-12;1-2/h6,8H,3-5,7,16H2,1-2H3,(H,17,20)(H,18,21);2H,1H3. The first-order chi connectivity index (χ1) is 11.0. The number of aliphatic hydroxyl groups excluding tert-OH is 1. The zero-order valence-electron chi connectivity index (χ0n) is 13.8. The van der Waals surface area contributed by atoms with Crippen LogP contribution < -0.4 is 16.9 Å². The van der Waals surface area contributed by atoms with Crippen molar-refractivity contribution in [1.29, 1.82) is 0 Å². The number of H-pyrrole nitrogens is 2. The molecule has 0 saturated carbocycles. The van der Waals surface area contributed by atoms with E-state index in [1.54, 1.807) is 6.07 Å². The minimum absolute atomic E-state index is 0.523. The number of fused-ring (bicyclic) bond motifs is 1. The highest BCUT2D eigenvalue weighted by Gasteiger charge is 2.22. The second-order valence-corrected chi connectivity index (χ2v) is 5.86. The van der Waals surface area contributed by atoms with Crippen molar-refractivity contribution < 1.29 is 5.11 Å². The number of anilines is 1. The van der Waals surface area contributed by atoms with E-state index >= 15 is 0 Å². The van der Waals surface area contributed by atoms with Crippen LogP contribution in [-0.2, 0) is 6.54 Å². The van der Waals surface area contributed by atoms with Gasteiger partial charge >= 0.3 is 11.1 Å². The van der Waals surface area contributed by atoms with E-state index in [0.29, 0.717) is 22.8 Å². The maximum Gasteiger partial charge on any atom is 0.314 e. The van der Waals surface area contributed by atoms with Gasteiger partial charge in [0, 0.05) is 25.4 Å². The third-order valence-corrected chi connectivity index (χ3v) is 4.50. The van der Waals surface area contributed by atoms with Crippen molar-refractivity contribution in [1.82, 2.24) is 14.9 Å². The highest BCUT2D eigenvalue weighted by atomic mass is 16.2. The summed E-state index contributed by atoms with van der Waals surface area (Å²) >= 11 is 0. The maximum absolute atomic E-state index is 11.6. The first-order valence-corrected chi connectivity index (χ1v) is 7.70. The molecule has 2 heterocycles. The Bertz CT molecular complexity index is 809. The lowest BCUT2D eigenvalue weighted by Gasteiger charge is -2.23. The Morgan fingerprint density at radius 1 is 1.30 bits per heavy atom. The first kappa shape index (κ1) is 17.2. The van der Waals surface area contributed by atoms with E-state index < -0.39 is 11.1 Å². The van der Waals surface area contributed by atoms with Crippen molar-refractivity contribution in [3.05, 3.63) is 37.9 Å². The number of likely N-dealkylation sites (tertiary alicyclic amines) is 1. The number of benzene rings is 1. The van der Waals surface area contributed by atoms with Crippen LogP contribution in [0.5, 0.6) is 0 Å². The molecule has 1 fully saturated rings. The Morgan fingerprint density at radius 2 is 1.96 bits per heavy atom. The van der Waals surface area contributed by atoms with E-state index in [4.69, 9.17) is 10.8 Å². The SMILES string of the molecule is CO.Cc1c(N)cc2[nH]c(=O)c(=O)[nH]c2c1CN1CCCC1C. The molecule has 0 aliphatic carbocycles. The van der Waals surface area contributed by atoms with E-state index in [9.17, 15) is 9.59 Å². The Balaban J connectivity index is 0.000000924. The molecule has 2 aromatic rings. The van der Waals surface area contributed by atoms with Crippen molar-refractivity contribution in [2.45, 2.75) is 39.3 Å². The normalized spacial score (nSPS) is 18.0. The first-order valence-electron chi connectivity index (χ1n) is 7.70. The molecule has 1 saturated heterocycles. The number of nitrogens with zero attached hydrogens (tertiary/aromatic N) is 1. The summed E-state index contributed by atoms with van der Waals surface area (Å²) in [7, 11) is 1.00. The fourth-order valence-corrected chi connectivity index (χ4v) is 3.08. The summed E-state index contributed by atoms with van der Waals surface area (Å²) < 4.78 is 0. The minimum atomic E-state index is -0.647. The van der Waals surface area contributed by atoms with Gasteiger partial charge in [0.1, 0.15) is 0 Å². The molecular weight excluding hydrogens is 296 g/mol. The van der Waals surface area contributed by atoms with Crippen LogP contribution in [0.25, 0.3) is 11.0 Å². The quantitative estimate of drug-likeness (QED) is 0.480. The molecule has 1 aromatic heterocycles. The van der Waals surface area contributed by atoms with Gasteiger partial charge in [-0.3, -0.25) is 14.5 Å². The molecule has 1 aromatic carbocycles. The summed E-state index contributed by atoms with van der Waals surface area (Å²) in [6.45, 7) is 5.94. The van der Waals surface area contributed by atoms with Gasteiger partial charge in [0.05, 0.1) is 11.0 Å². The topological polar surface area (TPSA) is 115 Å². The van der Waals surface area contributed by atoms with Gasteiger partial charge < -0.3 is 20.8 Å². The van der Waals surface area contributed by atoms with Crippen LogP contribution in [0.1, 0.15) is 30.9 Å². The summed E-state index contributed by atoms with van der Waals surface area (Å²) in [5.41, 5.74) is 8.64. The molecule has 1 atom stereocenters. The highest BCUT2D eigenvalue weighted by Crippen LogP contribution is 2.27. The molecule has 7 nitrogen and oxygen atoms in total. The van der Waals surface area contributed by atoms with E-state index in [0.717, 1.165) is 31.3 Å². The average molecular weight is 320 g/mol. The molecule has 3 rings (SSSR count). The predicted molar refractivity (Wildman–Crippen MR) is 91.6 cm³/mol. The van der Waals surface area contributed by atoms with Crippen LogP contribution in [0.4, 0.5) is 5.69 Å². The fourth-order valence-electron chi connectivity index (χ4n) is 3.08. The lowest BCUT2D eigenvalue weighted by molar-refractivity contribution is 0.261. The van der Waals surface area contributed by atoms with E-state index in [2.05, 4.69) is 21.8 Å². The van der Waals surface area contributed by atoms with Crippen LogP contribution >= 0.6 is 0 Å². The molecule has 0 spiro atoms. The smallest absolute Gasteiger partial charge is 0.314 e. The average Bonchev–Trinajstić information content (AvgIpc) is 2.93. The molecule has 0 amide bonds. The summed E-state index contributed by atoms with van der Waals surface area (Å²) in [6.07, 6.45) is 2.38. The molecule has 23 heavy (non-hydrogen) atoms. The largest absolute Gasteiger partial charge is 0.400 e. The summed E-state index contributed by atoms with van der Waals surface area (Å²) in [5.74, 6) is 0. The van der Waals surface area contributed by atoms with Gasteiger partial charge in [0.15, 0.2) is 0 Å². The van der Waals surface area contributed by atoms with Gasteiger partial charge in [-0.25, -0.2) is 0 Å². The van der Waals surface area contributed by atoms with Crippen molar-refractivity contribution in [3.63, 3.8) is 0 Å². The lowest BCUT2D eigenvalue weighted by atomic mass is 10.0. The number of aliphatic hydroxyl groups is 1. The van der Waals surface area contributed by atoms with E-state index in [-0.39, 0.29) is 0 Å². The van der Waals surface area contributed by atoms with Crippen LogP contribution in [0.3, 0.4) is 0 Å². The second kappa shape index (κ2) is 6.97. The van der Waals surface area contributed by atoms with Gasteiger partial charge in [-0.2, -0.15) is 0 Å². The predicted octanol–water partition coefficient (Wildman–Crippen LogP) is 0.700. The maximum atomic E-state index is 11.6. The third-order valence-electron chi connectivity index (χ3n) is 4.50. The Morgan fingerprint density at radius 3 is 2.57 bits per heavy atom. The number of hydrogen-bond donors (Lipinski definition) is 4. The molecule has 126 valence electrons. The Hall–Kier alpha value is -2.12. The molecule has 7 heteroatoms. The molecule has 0 bridgehead atoms. The summed E-state index contributed by atoms with van der Waals surface area (Å²) in [6, 6.07) is 2.23. The van der Waals surface area contributed by atoms with Crippen molar-refractivity contribution in [2.24, 2.45) is 0 Å². The van der Waals surface area contributed by atoms with E-state index in [1.807, 2.05) is 6.92 Å². The third kappa shape index (κ3) is 3.30. The number of aromatic amines is 2. The highest BCUT2D eigenvalue weighted by molar-refractivity contribution is 5.83. The summed E-state index contributed by atoms with van der Waals surface area (Å²) in [4.78, 5) is 30.8. The van der Waals surface area contributed by atoms with Gasteiger partial charge in [0.2, 0.25) is 0 Å². The Labute approximate surface area is 134 Å². The minimum Gasteiger partial charge on any atom is -0.400 e. The number of rotatable bonds is 2. The van der Waals surface area contributed by atoms with Gasteiger partial charge in [0.25, 0.3) is 0 Å². The number of nitrogens with one attached hydrogen (secondary N) is 2. The van der Waals surface area contributed by atoms with Crippen LogP contribution in [0.15, 0.2) is 15.7 Å². The molecular formula is C16H24N4O3. The van der Waals surface area contributed by atoms with Crippen molar-refractivity contribution in [2.75, 3.05) is 19.4 Å². The molecule has 0 radical (unpaired) electrons. The second-order valence-electron chi connectivity index (χ2n) is 5.86. The molecule has 1 aliphatic heterocycles. The number of hydrogen-bond acceptors (Lipinski definition) is 5. The van der Waals surface area contributed by atoms with Crippen LogP contribution in [0, 0.1) is 6.92 Å². The monoisotopic (exact) mass is 320 g/mol. The van der Waals surface area contributed by atoms with Crippen LogP contribution in [0.2, 0.25) is 0 Å². The lowest BCUT2D eigenvalue weighted by Crippen LogP contribution is -2.31. The van der Waals surface area contributed by atoms with Gasteiger partial charge in [-0.15, -0.1) is 0 Å². The molecule has 5 N–H and O–H groups in total. The van der Waals surface area contributed by atoms with Gasteiger partial charge in [-0.05, 0) is 50.4 Å². The number of aromatic nitrogens is 2. The van der Waals surface area contributed by atoms with Crippen molar-refractivity contribution >= 4 is 16.7 Å². The molecule has 1 aliphatic rings.